The highest BCUT2D eigenvalue weighted by Crippen LogP contribution is 2.49. The molecule has 0 saturated carbocycles. The third-order valence-electron chi connectivity index (χ3n) is 4.78. The first kappa shape index (κ1) is 17.2. The molecule has 0 N–H and O–H groups in total. The molecule has 3 heterocycles. The van der Waals surface area contributed by atoms with Crippen molar-refractivity contribution in [3.8, 4) is 5.75 Å². The lowest BCUT2D eigenvalue weighted by atomic mass is 9.97. The van der Waals surface area contributed by atoms with Gasteiger partial charge < -0.3 is 4.74 Å². The van der Waals surface area contributed by atoms with Gasteiger partial charge in [0.2, 0.25) is 6.23 Å². The first-order valence-corrected chi connectivity index (χ1v) is 10.5. The highest BCUT2D eigenvalue weighted by Gasteiger charge is 2.42. The van der Waals surface area contributed by atoms with E-state index in [-0.39, 0.29) is 11.9 Å². The molecule has 0 bridgehead atoms. The molecule has 5 rings (SSSR count). The second-order valence-corrected chi connectivity index (χ2v) is 8.71. The quantitative estimate of drug-likeness (QED) is 0.431. The number of fused-ring (bicyclic) bond motifs is 3. The van der Waals surface area contributed by atoms with Crippen LogP contribution in [0.4, 0.5) is 4.39 Å². The second-order valence-electron chi connectivity index (χ2n) is 6.44. The summed E-state index contributed by atoms with van der Waals surface area (Å²) in [7, 11) is 0. The Hall–Kier alpha value is -1.89. The van der Waals surface area contributed by atoms with E-state index in [0.717, 1.165) is 32.8 Å². The number of hydrazone groups is 1. The molecule has 0 radical (unpaired) electrons. The van der Waals surface area contributed by atoms with Crippen LogP contribution < -0.4 is 4.74 Å². The van der Waals surface area contributed by atoms with Crippen LogP contribution in [-0.4, -0.2) is 10.7 Å². The molecule has 0 unspecified atom stereocenters. The van der Waals surface area contributed by atoms with Gasteiger partial charge in [-0.25, -0.2) is 9.40 Å². The average molecular weight is 464 g/mol. The molecule has 0 aliphatic carbocycles. The minimum absolute atomic E-state index is 0.00711. The molecule has 1 aromatic heterocycles. The second kappa shape index (κ2) is 6.62. The summed E-state index contributed by atoms with van der Waals surface area (Å²) in [6.45, 7) is 0. The SMILES string of the molecule is Fc1ccc(Cl)c([C@H]2Oc3ccc(Br)cc3[C@@H]3CC(c4cccs4)=NN23)c1. The van der Waals surface area contributed by atoms with Crippen molar-refractivity contribution in [3.63, 3.8) is 0 Å². The monoisotopic (exact) mass is 462 g/mol. The van der Waals surface area contributed by atoms with Crippen LogP contribution in [0.15, 0.2) is 63.5 Å². The van der Waals surface area contributed by atoms with Gasteiger partial charge in [0.25, 0.3) is 0 Å². The zero-order valence-electron chi connectivity index (χ0n) is 13.9. The Labute approximate surface area is 173 Å². The van der Waals surface area contributed by atoms with Crippen LogP contribution in [0.25, 0.3) is 0 Å². The van der Waals surface area contributed by atoms with Crippen LogP contribution in [0, 0.1) is 5.82 Å². The van der Waals surface area contributed by atoms with E-state index in [9.17, 15) is 4.39 Å². The molecule has 0 amide bonds. The van der Waals surface area contributed by atoms with Crippen molar-refractivity contribution in [1.82, 2.24) is 5.01 Å². The molecule has 27 heavy (non-hydrogen) atoms. The molecule has 2 atom stereocenters. The first-order chi connectivity index (χ1) is 13.1. The minimum atomic E-state index is -0.579. The first-order valence-electron chi connectivity index (χ1n) is 8.41. The largest absolute Gasteiger partial charge is 0.464 e. The lowest BCUT2D eigenvalue weighted by molar-refractivity contribution is -0.0191. The maximum atomic E-state index is 13.9. The molecule has 3 nitrogen and oxygen atoms in total. The van der Waals surface area contributed by atoms with Crippen LogP contribution in [0.5, 0.6) is 5.75 Å². The molecule has 0 saturated heterocycles. The van der Waals surface area contributed by atoms with E-state index in [1.165, 1.54) is 12.1 Å². The molecule has 0 spiro atoms. The number of hydrogen-bond donors (Lipinski definition) is 0. The van der Waals surface area contributed by atoms with E-state index in [1.807, 2.05) is 28.6 Å². The van der Waals surface area contributed by atoms with Crippen LogP contribution in [0.2, 0.25) is 5.02 Å². The van der Waals surface area contributed by atoms with Gasteiger partial charge in [0.15, 0.2) is 0 Å². The van der Waals surface area contributed by atoms with Crippen molar-refractivity contribution < 1.29 is 9.13 Å². The summed E-state index contributed by atoms with van der Waals surface area (Å²) < 4.78 is 21.1. The summed E-state index contributed by atoms with van der Waals surface area (Å²) in [5.41, 5.74) is 2.64. The summed E-state index contributed by atoms with van der Waals surface area (Å²) in [5.74, 6) is 0.421. The van der Waals surface area contributed by atoms with Gasteiger partial charge in [-0.1, -0.05) is 33.6 Å². The van der Waals surface area contributed by atoms with Gasteiger partial charge in [-0.3, -0.25) is 0 Å². The molecular formula is C20H13BrClFN2OS. The topological polar surface area (TPSA) is 24.8 Å². The number of nitrogens with zero attached hydrogens (tertiary/aromatic N) is 2. The lowest BCUT2D eigenvalue weighted by Crippen LogP contribution is -2.34. The molecule has 0 fully saturated rings. The third kappa shape index (κ3) is 2.96. The van der Waals surface area contributed by atoms with E-state index >= 15 is 0 Å². The van der Waals surface area contributed by atoms with Crippen LogP contribution in [-0.2, 0) is 0 Å². The number of thiophene rings is 1. The molecule has 2 aliphatic rings. The highest BCUT2D eigenvalue weighted by atomic mass is 79.9. The maximum Gasteiger partial charge on any atom is 0.215 e. The van der Waals surface area contributed by atoms with Crippen LogP contribution >= 0.6 is 38.9 Å². The smallest absolute Gasteiger partial charge is 0.215 e. The van der Waals surface area contributed by atoms with Crippen molar-refractivity contribution >= 4 is 44.6 Å². The fraction of sp³-hybridized carbons (Fsp3) is 0.150. The lowest BCUT2D eigenvalue weighted by Gasteiger charge is -2.38. The van der Waals surface area contributed by atoms with Crippen LogP contribution in [0.1, 0.15) is 34.7 Å². The van der Waals surface area contributed by atoms with Gasteiger partial charge in [-0.05, 0) is 47.8 Å². The van der Waals surface area contributed by atoms with E-state index in [0.29, 0.717) is 10.6 Å². The summed E-state index contributed by atoms with van der Waals surface area (Å²) in [6.07, 6.45) is 0.181. The van der Waals surface area contributed by atoms with E-state index in [2.05, 4.69) is 28.1 Å². The average Bonchev–Trinajstić information content (AvgIpc) is 3.32. The van der Waals surface area contributed by atoms with E-state index in [4.69, 9.17) is 21.4 Å². The molecule has 3 aromatic rings. The Kier molecular flexibility index (Phi) is 4.22. The molecule has 7 heteroatoms. The fourth-order valence-corrected chi connectivity index (χ4v) is 4.87. The van der Waals surface area contributed by atoms with Crippen molar-refractivity contribution in [3.05, 3.63) is 85.2 Å². The molecule has 2 aliphatic heterocycles. The van der Waals surface area contributed by atoms with Crippen molar-refractivity contribution in [2.45, 2.75) is 18.7 Å². The normalized spacial score (nSPS) is 20.7. The van der Waals surface area contributed by atoms with Crippen molar-refractivity contribution in [1.29, 1.82) is 0 Å². The zero-order chi connectivity index (χ0) is 18.5. The molecule has 136 valence electrons. The Morgan fingerprint density at radius 1 is 1.19 bits per heavy atom. The highest BCUT2D eigenvalue weighted by molar-refractivity contribution is 9.10. The van der Waals surface area contributed by atoms with Gasteiger partial charge in [0.1, 0.15) is 11.6 Å². The summed E-state index contributed by atoms with van der Waals surface area (Å²) in [5, 5.41) is 9.25. The predicted octanol–water partition coefficient (Wildman–Crippen LogP) is 6.55. The number of benzene rings is 2. The van der Waals surface area contributed by atoms with Gasteiger partial charge in [0.05, 0.1) is 16.6 Å². The summed E-state index contributed by atoms with van der Waals surface area (Å²) in [4.78, 5) is 1.13. The Morgan fingerprint density at radius 3 is 2.89 bits per heavy atom. The Balaban J connectivity index is 1.65. The maximum absolute atomic E-state index is 13.9. The van der Waals surface area contributed by atoms with Crippen molar-refractivity contribution in [2.75, 3.05) is 0 Å². The number of hydrogen-bond acceptors (Lipinski definition) is 4. The third-order valence-corrected chi connectivity index (χ3v) is 6.54. The molecular weight excluding hydrogens is 451 g/mol. The molecule has 2 aromatic carbocycles. The summed E-state index contributed by atoms with van der Waals surface area (Å²) >= 11 is 11.6. The fourth-order valence-electron chi connectivity index (χ4n) is 3.56. The minimum Gasteiger partial charge on any atom is -0.464 e. The summed E-state index contributed by atoms with van der Waals surface area (Å²) in [6, 6.07) is 14.3. The predicted molar refractivity (Wildman–Crippen MR) is 109 cm³/mol. The van der Waals surface area contributed by atoms with Gasteiger partial charge in [-0.15, -0.1) is 11.3 Å². The Morgan fingerprint density at radius 2 is 2.07 bits per heavy atom. The van der Waals surface area contributed by atoms with Gasteiger partial charge in [0, 0.05) is 27.0 Å². The van der Waals surface area contributed by atoms with Crippen LogP contribution in [0.3, 0.4) is 0 Å². The van der Waals surface area contributed by atoms with E-state index in [1.54, 1.807) is 17.4 Å². The van der Waals surface area contributed by atoms with E-state index < -0.39 is 6.23 Å². The number of rotatable bonds is 2. The number of ether oxygens (including phenoxy) is 1. The zero-order valence-corrected chi connectivity index (χ0v) is 17.1. The van der Waals surface area contributed by atoms with Gasteiger partial charge >= 0.3 is 0 Å². The van der Waals surface area contributed by atoms with Crippen molar-refractivity contribution in [2.24, 2.45) is 5.10 Å². The number of halogens is 3. The Bertz CT molecular complexity index is 1060. The standard InChI is InChI=1S/C20H13BrClFN2OS/c21-11-3-6-18-14(8-11)17-10-16(19-2-1-7-27-19)24-25(17)20(26-18)13-9-12(23)4-5-15(13)22/h1-9,17,20H,10H2/t17-,20+/m0/s1. The van der Waals surface area contributed by atoms with Gasteiger partial charge in [-0.2, -0.15) is 5.10 Å².